The summed E-state index contributed by atoms with van der Waals surface area (Å²) in [5.74, 6) is 0.760. The largest absolute Gasteiger partial charge is 0.477 e. The highest BCUT2D eigenvalue weighted by atomic mass is 31.3. The van der Waals surface area contributed by atoms with Gasteiger partial charge in [0.2, 0.25) is 0 Å². The summed E-state index contributed by atoms with van der Waals surface area (Å²) in [7, 11) is -9.43. The molecule has 0 amide bonds. The van der Waals surface area contributed by atoms with Gasteiger partial charge < -0.3 is 14.7 Å². The zero-order chi connectivity index (χ0) is 18.8. The molecule has 8 heteroatoms. The van der Waals surface area contributed by atoms with E-state index in [-0.39, 0.29) is 0 Å². The summed E-state index contributed by atoms with van der Waals surface area (Å²) < 4.78 is 25.7. The minimum absolute atomic E-state index is 0.760. The lowest BCUT2D eigenvalue weighted by Crippen LogP contribution is -1.84. The predicted molar refractivity (Wildman–Crippen MR) is 97.5 cm³/mol. The van der Waals surface area contributed by atoms with Crippen LogP contribution < -0.4 is 0 Å². The molecule has 0 bridgehead atoms. The molecular formula is C16H28O6P2. The SMILES string of the molecule is CC(C)=CCCC(C)=CCCC(C)=CC=CP(=O)(O)OP(=O)(O)O. The summed E-state index contributed by atoms with van der Waals surface area (Å²) in [6.45, 7) is 8.13. The first kappa shape index (κ1) is 23.3. The third-order valence-corrected chi connectivity index (χ3v) is 5.34. The van der Waals surface area contributed by atoms with Crippen LogP contribution in [-0.4, -0.2) is 14.7 Å². The summed E-state index contributed by atoms with van der Waals surface area (Å²) in [5.41, 5.74) is 3.62. The van der Waals surface area contributed by atoms with Crippen molar-refractivity contribution in [1.29, 1.82) is 0 Å². The molecule has 138 valence electrons. The Morgan fingerprint density at radius 1 is 0.917 bits per heavy atom. The fourth-order valence-corrected chi connectivity index (χ4v) is 3.56. The molecule has 0 aromatic carbocycles. The topological polar surface area (TPSA) is 104 Å². The van der Waals surface area contributed by atoms with Crippen molar-refractivity contribution in [2.75, 3.05) is 0 Å². The van der Waals surface area contributed by atoms with E-state index in [9.17, 15) is 14.0 Å². The standard InChI is InChI=1S/C16H28O6P2/c1-14(2)8-5-9-15(3)10-6-11-16(4)12-7-13-23(17,18)22-24(19,20)21/h7-8,10,12-13H,5-6,9,11H2,1-4H3,(H,17,18)(H2,19,20,21). The molecule has 0 aromatic rings. The average molecular weight is 378 g/mol. The van der Waals surface area contributed by atoms with Crippen molar-refractivity contribution in [3.8, 4) is 0 Å². The Kier molecular flexibility index (Phi) is 10.6. The lowest BCUT2D eigenvalue weighted by molar-refractivity contribution is 0.267. The van der Waals surface area contributed by atoms with E-state index >= 15 is 0 Å². The number of rotatable bonds is 10. The van der Waals surface area contributed by atoms with Crippen molar-refractivity contribution >= 4 is 15.4 Å². The van der Waals surface area contributed by atoms with Crippen LogP contribution in [0.25, 0.3) is 0 Å². The Labute approximate surface area is 144 Å². The second-order valence-corrected chi connectivity index (χ2v) is 8.96. The summed E-state index contributed by atoms with van der Waals surface area (Å²) in [5, 5.41) is 0. The minimum Gasteiger partial charge on any atom is -0.321 e. The predicted octanol–water partition coefficient (Wildman–Crippen LogP) is 5.21. The van der Waals surface area contributed by atoms with Crippen molar-refractivity contribution in [2.45, 2.75) is 53.4 Å². The van der Waals surface area contributed by atoms with Gasteiger partial charge in [-0.1, -0.05) is 41.0 Å². The van der Waals surface area contributed by atoms with Gasteiger partial charge in [0.05, 0.1) is 0 Å². The third kappa shape index (κ3) is 14.8. The smallest absolute Gasteiger partial charge is 0.321 e. The van der Waals surface area contributed by atoms with Crippen LogP contribution in [0.1, 0.15) is 53.4 Å². The second-order valence-electron chi connectivity index (χ2n) is 5.90. The lowest BCUT2D eigenvalue weighted by Gasteiger charge is -2.07. The van der Waals surface area contributed by atoms with E-state index in [1.165, 1.54) is 17.2 Å². The van der Waals surface area contributed by atoms with Crippen LogP contribution in [-0.2, 0) is 13.4 Å². The van der Waals surface area contributed by atoms with Gasteiger partial charge in [-0.25, -0.2) is 8.88 Å². The molecular weight excluding hydrogens is 350 g/mol. The Bertz CT molecular complexity index is 606. The summed E-state index contributed by atoms with van der Waals surface area (Å²) >= 11 is 0. The van der Waals surface area contributed by atoms with E-state index < -0.39 is 15.4 Å². The molecule has 0 radical (unpaired) electrons. The maximum atomic E-state index is 11.4. The fraction of sp³-hybridized carbons (Fsp3) is 0.500. The molecule has 0 aliphatic carbocycles. The normalized spacial score (nSPS) is 16.3. The van der Waals surface area contributed by atoms with Gasteiger partial charge in [0.25, 0.3) is 0 Å². The number of phosphoric acid groups is 1. The highest BCUT2D eigenvalue weighted by Gasteiger charge is 2.27. The first-order chi connectivity index (χ1) is 10.9. The molecule has 0 aromatic heterocycles. The van der Waals surface area contributed by atoms with Crippen LogP contribution >= 0.6 is 15.4 Å². The number of allylic oxidation sites excluding steroid dienone is 7. The van der Waals surface area contributed by atoms with Gasteiger partial charge in [0.1, 0.15) is 0 Å². The molecule has 0 aliphatic heterocycles. The second kappa shape index (κ2) is 11.0. The molecule has 6 nitrogen and oxygen atoms in total. The highest BCUT2D eigenvalue weighted by molar-refractivity contribution is 7.65. The third-order valence-electron chi connectivity index (χ3n) is 3.00. The molecule has 1 unspecified atom stereocenters. The molecule has 0 saturated carbocycles. The Morgan fingerprint density at radius 3 is 2.00 bits per heavy atom. The Balaban J connectivity index is 4.37. The maximum absolute atomic E-state index is 11.4. The van der Waals surface area contributed by atoms with Crippen molar-refractivity contribution in [1.82, 2.24) is 0 Å². The Hall–Kier alpha value is -0.740. The van der Waals surface area contributed by atoms with Crippen molar-refractivity contribution in [3.05, 3.63) is 46.8 Å². The summed E-state index contributed by atoms with van der Waals surface area (Å²) in [4.78, 5) is 26.3. The van der Waals surface area contributed by atoms with E-state index in [1.807, 2.05) is 6.92 Å². The average Bonchev–Trinajstić information content (AvgIpc) is 2.34. The van der Waals surface area contributed by atoms with Gasteiger partial charge in [-0.2, -0.15) is 0 Å². The summed E-state index contributed by atoms with van der Waals surface area (Å²) in [6, 6.07) is 0. The van der Waals surface area contributed by atoms with E-state index in [0.29, 0.717) is 0 Å². The number of hydrogen-bond donors (Lipinski definition) is 3. The van der Waals surface area contributed by atoms with Gasteiger partial charge in [-0.05, 0) is 53.4 Å². The molecule has 0 aliphatic rings. The molecule has 0 fully saturated rings. The van der Waals surface area contributed by atoms with E-state index in [2.05, 4.69) is 37.2 Å². The van der Waals surface area contributed by atoms with Crippen molar-refractivity contribution < 1.29 is 28.1 Å². The monoisotopic (exact) mass is 378 g/mol. The molecule has 0 heterocycles. The van der Waals surface area contributed by atoms with Crippen LogP contribution in [0.4, 0.5) is 0 Å². The fourth-order valence-electron chi connectivity index (χ4n) is 1.82. The lowest BCUT2D eigenvalue weighted by atomic mass is 10.1. The molecule has 0 rings (SSSR count). The van der Waals surface area contributed by atoms with Crippen molar-refractivity contribution in [3.63, 3.8) is 0 Å². The molecule has 0 saturated heterocycles. The molecule has 0 spiro atoms. The zero-order valence-corrected chi connectivity index (χ0v) is 16.5. The molecule has 24 heavy (non-hydrogen) atoms. The van der Waals surface area contributed by atoms with E-state index in [0.717, 1.165) is 37.1 Å². The highest BCUT2D eigenvalue weighted by Crippen LogP contribution is 2.57. The van der Waals surface area contributed by atoms with Gasteiger partial charge in [-0.15, -0.1) is 0 Å². The minimum atomic E-state index is -4.99. The molecule has 3 N–H and O–H groups in total. The van der Waals surface area contributed by atoms with Crippen LogP contribution in [0, 0.1) is 0 Å². The van der Waals surface area contributed by atoms with Crippen LogP contribution in [0.2, 0.25) is 0 Å². The zero-order valence-electron chi connectivity index (χ0n) is 14.7. The van der Waals surface area contributed by atoms with Gasteiger partial charge in [0, 0.05) is 5.82 Å². The van der Waals surface area contributed by atoms with Crippen molar-refractivity contribution in [2.24, 2.45) is 0 Å². The molecule has 1 atom stereocenters. The first-order valence-electron chi connectivity index (χ1n) is 7.64. The number of hydrogen-bond acceptors (Lipinski definition) is 3. The quantitative estimate of drug-likeness (QED) is 0.274. The maximum Gasteiger partial charge on any atom is 0.477 e. The van der Waals surface area contributed by atoms with Crippen LogP contribution in [0.15, 0.2) is 46.8 Å². The van der Waals surface area contributed by atoms with Gasteiger partial charge >= 0.3 is 15.4 Å². The first-order valence-corrected chi connectivity index (χ1v) is 10.8. The van der Waals surface area contributed by atoms with Gasteiger partial charge in [0.15, 0.2) is 0 Å². The van der Waals surface area contributed by atoms with Gasteiger partial charge in [-0.3, -0.25) is 4.57 Å². The Morgan fingerprint density at radius 2 is 1.46 bits per heavy atom. The van der Waals surface area contributed by atoms with E-state index in [4.69, 9.17) is 9.79 Å². The van der Waals surface area contributed by atoms with Crippen LogP contribution in [0.5, 0.6) is 0 Å². The van der Waals surface area contributed by atoms with E-state index in [1.54, 1.807) is 6.08 Å². The summed E-state index contributed by atoms with van der Waals surface area (Å²) in [6.07, 6.45) is 11.0. The van der Waals surface area contributed by atoms with Crippen LogP contribution in [0.3, 0.4) is 0 Å².